The van der Waals surface area contributed by atoms with E-state index in [4.69, 9.17) is 9.47 Å². The molecule has 2 saturated heterocycles. The van der Waals surface area contributed by atoms with Crippen molar-refractivity contribution in [2.45, 2.75) is 19.0 Å². The minimum Gasteiger partial charge on any atom is -0.497 e. The summed E-state index contributed by atoms with van der Waals surface area (Å²) in [7, 11) is 3.00. The van der Waals surface area contributed by atoms with Crippen molar-refractivity contribution in [3.05, 3.63) is 59.8 Å². The summed E-state index contributed by atoms with van der Waals surface area (Å²) in [6.45, 7) is 1.48. The molecular weight excluding hydrogens is 396 g/mol. The van der Waals surface area contributed by atoms with Crippen LogP contribution in [0.5, 0.6) is 11.5 Å². The van der Waals surface area contributed by atoms with Crippen molar-refractivity contribution in [1.82, 2.24) is 4.90 Å². The number of carbonyl (C=O) groups is 3. The van der Waals surface area contributed by atoms with Crippen molar-refractivity contribution in [2.24, 2.45) is 11.8 Å². The minimum atomic E-state index is -0.762. The molecule has 0 radical (unpaired) electrons. The molecule has 0 aliphatic carbocycles. The van der Waals surface area contributed by atoms with E-state index in [2.05, 4.69) is 0 Å². The van der Waals surface area contributed by atoms with Crippen LogP contribution in [0.1, 0.15) is 24.1 Å². The fraction of sp³-hybridized carbons (Fsp3) is 0.292. The van der Waals surface area contributed by atoms with Crippen LogP contribution in [0.4, 0.5) is 5.69 Å². The number of carbonyl (C=O) groups excluding carboxylic acids is 3. The lowest BCUT2D eigenvalue weighted by Gasteiger charge is -2.35. The number of methoxy groups -OCH3 is 2. The first-order valence-corrected chi connectivity index (χ1v) is 10.1. The van der Waals surface area contributed by atoms with Crippen molar-refractivity contribution < 1.29 is 23.9 Å². The summed E-state index contributed by atoms with van der Waals surface area (Å²) < 4.78 is 10.7. The number of fused-ring (bicyclic) bond motifs is 5. The minimum absolute atomic E-state index is 0.137. The Morgan fingerprint density at radius 3 is 2.42 bits per heavy atom. The largest absolute Gasteiger partial charge is 0.497 e. The molecule has 3 heterocycles. The van der Waals surface area contributed by atoms with Crippen LogP contribution in [-0.2, 0) is 14.4 Å². The van der Waals surface area contributed by atoms with Gasteiger partial charge in [0.15, 0.2) is 5.78 Å². The van der Waals surface area contributed by atoms with Crippen LogP contribution >= 0.6 is 0 Å². The molecule has 0 unspecified atom stereocenters. The zero-order valence-corrected chi connectivity index (χ0v) is 17.4. The van der Waals surface area contributed by atoms with Gasteiger partial charge < -0.3 is 14.4 Å². The first-order valence-electron chi connectivity index (χ1n) is 10.1. The molecular formula is C24H22N2O5. The van der Waals surface area contributed by atoms with E-state index in [0.29, 0.717) is 17.2 Å². The second kappa shape index (κ2) is 6.97. The van der Waals surface area contributed by atoms with Gasteiger partial charge in [0.25, 0.3) is 0 Å². The molecule has 0 saturated carbocycles. The van der Waals surface area contributed by atoms with Gasteiger partial charge in [-0.3, -0.25) is 14.4 Å². The normalized spacial score (nSPS) is 25.9. The topological polar surface area (TPSA) is 76.2 Å². The van der Waals surface area contributed by atoms with Gasteiger partial charge in [-0.15, -0.1) is 0 Å². The molecule has 2 aromatic rings. The van der Waals surface area contributed by atoms with Gasteiger partial charge in [-0.05, 0) is 36.3 Å². The fourth-order valence-corrected chi connectivity index (χ4v) is 5.23. The van der Waals surface area contributed by atoms with E-state index in [1.54, 1.807) is 18.2 Å². The average molecular weight is 418 g/mol. The van der Waals surface area contributed by atoms with Crippen LogP contribution in [0.15, 0.2) is 48.7 Å². The predicted molar refractivity (Wildman–Crippen MR) is 114 cm³/mol. The Morgan fingerprint density at radius 1 is 0.968 bits per heavy atom. The van der Waals surface area contributed by atoms with Gasteiger partial charge in [-0.1, -0.05) is 24.3 Å². The summed E-state index contributed by atoms with van der Waals surface area (Å²) in [4.78, 5) is 43.1. The smallest absolute Gasteiger partial charge is 0.240 e. The zero-order chi connectivity index (χ0) is 21.9. The number of nitrogens with zero attached hydrogens (tertiary/aromatic N) is 2. The highest BCUT2D eigenvalue weighted by atomic mass is 16.5. The first kappa shape index (κ1) is 19.4. The molecule has 5 rings (SSSR count). The highest BCUT2D eigenvalue weighted by Crippen LogP contribution is 2.54. The molecule has 3 aliphatic heterocycles. The number of benzene rings is 2. The molecule has 0 aromatic heterocycles. The van der Waals surface area contributed by atoms with E-state index < -0.39 is 17.9 Å². The number of rotatable bonds is 4. The maximum atomic E-state index is 13.7. The molecule has 3 aliphatic rings. The number of amides is 2. The molecule has 0 bridgehead atoms. The molecule has 0 spiro atoms. The summed E-state index contributed by atoms with van der Waals surface area (Å²) in [5, 5.41) is 0. The number of imide groups is 1. The van der Waals surface area contributed by atoms with E-state index in [9.17, 15) is 14.4 Å². The van der Waals surface area contributed by atoms with E-state index in [1.165, 1.54) is 26.0 Å². The van der Waals surface area contributed by atoms with Crippen LogP contribution in [0.3, 0.4) is 0 Å². The maximum absolute atomic E-state index is 13.7. The number of hydrogen-bond acceptors (Lipinski definition) is 6. The Bertz CT molecular complexity index is 1140. The average Bonchev–Trinajstić information content (AvgIpc) is 3.26. The van der Waals surface area contributed by atoms with Gasteiger partial charge in [0.2, 0.25) is 11.8 Å². The van der Waals surface area contributed by atoms with Gasteiger partial charge in [-0.25, -0.2) is 4.90 Å². The first-order chi connectivity index (χ1) is 15.0. The van der Waals surface area contributed by atoms with Crippen LogP contribution in [0.2, 0.25) is 0 Å². The van der Waals surface area contributed by atoms with Gasteiger partial charge in [0, 0.05) is 12.3 Å². The lowest BCUT2D eigenvalue weighted by Crippen LogP contribution is -2.43. The molecule has 4 atom stereocenters. The molecule has 2 fully saturated rings. The molecule has 7 nitrogen and oxygen atoms in total. The molecule has 158 valence electrons. The standard InChI is InChI=1S/C24H22N2O5/c1-13(27)21-19-20(22-16-7-5-4-6-14(16)10-11-25(21)22)24(29)26(23(19)28)17-12-15(30-2)8-9-18(17)31-3/h4-12,19-22H,1-3H3/t19-,20+,21-,22-/m1/s1. The van der Waals surface area contributed by atoms with Crippen LogP contribution < -0.4 is 14.4 Å². The van der Waals surface area contributed by atoms with Crippen molar-refractivity contribution in [3.63, 3.8) is 0 Å². The Labute approximate surface area is 179 Å². The maximum Gasteiger partial charge on any atom is 0.240 e. The highest BCUT2D eigenvalue weighted by Gasteiger charge is 2.64. The number of ether oxygens (including phenoxy) is 2. The summed E-state index contributed by atoms with van der Waals surface area (Å²) in [5.41, 5.74) is 2.27. The zero-order valence-electron chi connectivity index (χ0n) is 17.4. The fourth-order valence-electron chi connectivity index (χ4n) is 5.23. The van der Waals surface area contributed by atoms with Crippen LogP contribution in [-0.4, -0.2) is 42.8 Å². The van der Waals surface area contributed by atoms with Crippen molar-refractivity contribution >= 4 is 29.4 Å². The third-order valence-corrected chi connectivity index (χ3v) is 6.51. The summed E-state index contributed by atoms with van der Waals surface area (Å²) in [5.74, 6) is -1.38. The Hall–Kier alpha value is -3.61. The second-order valence-corrected chi connectivity index (χ2v) is 7.99. The number of hydrogen-bond donors (Lipinski definition) is 0. The van der Waals surface area contributed by atoms with Crippen LogP contribution in [0, 0.1) is 11.8 Å². The monoisotopic (exact) mass is 418 g/mol. The third kappa shape index (κ3) is 2.62. The van der Waals surface area contributed by atoms with E-state index in [-0.39, 0.29) is 23.6 Å². The van der Waals surface area contributed by atoms with E-state index in [0.717, 1.165) is 11.1 Å². The predicted octanol–water partition coefficient (Wildman–Crippen LogP) is 2.81. The molecule has 0 N–H and O–H groups in total. The van der Waals surface area contributed by atoms with Gasteiger partial charge in [-0.2, -0.15) is 0 Å². The number of ketones is 1. The van der Waals surface area contributed by atoms with E-state index in [1.807, 2.05) is 41.4 Å². The SMILES string of the molecule is COc1ccc(OC)c(N2C(=O)[C@@H]3[C@H](C2=O)[C@H]2c4ccccc4C=CN2[C@@H]3C(C)=O)c1. The van der Waals surface area contributed by atoms with E-state index >= 15 is 0 Å². The number of Topliss-reactive ketones (excluding diaryl/α,β-unsaturated/α-hetero) is 1. The lowest BCUT2D eigenvalue weighted by molar-refractivity contribution is -0.129. The molecule has 31 heavy (non-hydrogen) atoms. The lowest BCUT2D eigenvalue weighted by atomic mass is 9.84. The molecule has 7 heteroatoms. The quantitative estimate of drug-likeness (QED) is 0.711. The summed E-state index contributed by atoms with van der Waals surface area (Å²) >= 11 is 0. The van der Waals surface area contributed by atoms with Gasteiger partial charge >= 0.3 is 0 Å². The van der Waals surface area contributed by atoms with Crippen molar-refractivity contribution in [2.75, 3.05) is 19.1 Å². The summed E-state index contributed by atoms with van der Waals surface area (Å²) in [6, 6.07) is 11.7. The Balaban J connectivity index is 1.66. The van der Waals surface area contributed by atoms with Crippen LogP contribution in [0.25, 0.3) is 6.08 Å². The summed E-state index contributed by atoms with van der Waals surface area (Å²) in [6.07, 6.45) is 3.77. The molecule has 2 amide bonds. The van der Waals surface area contributed by atoms with Gasteiger partial charge in [0.05, 0.1) is 43.8 Å². The molecule has 2 aromatic carbocycles. The van der Waals surface area contributed by atoms with Crippen molar-refractivity contribution in [1.29, 1.82) is 0 Å². The van der Waals surface area contributed by atoms with Gasteiger partial charge in [0.1, 0.15) is 11.5 Å². The van der Waals surface area contributed by atoms with Crippen molar-refractivity contribution in [3.8, 4) is 11.5 Å². The second-order valence-electron chi connectivity index (χ2n) is 7.99. The Morgan fingerprint density at radius 2 is 1.71 bits per heavy atom. The Kier molecular flexibility index (Phi) is 4.36. The number of anilines is 1. The third-order valence-electron chi connectivity index (χ3n) is 6.51. The highest BCUT2D eigenvalue weighted by molar-refractivity contribution is 6.24.